The molecule has 2 nitrogen and oxygen atoms in total. The average molecular weight is 239 g/mol. The molecule has 2 rings (SSSR count). The molecule has 0 saturated heterocycles. The molecule has 2 aromatic rings. The molecule has 0 spiro atoms. The summed E-state index contributed by atoms with van der Waals surface area (Å²) in [6.07, 6.45) is 4.14. The number of nitrogens with zero attached hydrogens (tertiary/aromatic N) is 1. The Balaban J connectivity index is 2.13. The molecule has 0 aliphatic rings. The number of thiophene rings is 1. The quantitative estimate of drug-likeness (QED) is 0.893. The highest BCUT2D eigenvalue weighted by Gasteiger charge is 2.09. The third-order valence-corrected chi connectivity index (χ3v) is 3.55. The van der Waals surface area contributed by atoms with Crippen molar-refractivity contribution in [2.45, 2.75) is 12.5 Å². The van der Waals surface area contributed by atoms with Crippen LogP contribution in [0.2, 0.25) is 5.02 Å². The average Bonchev–Trinajstić information content (AvgIpc) is 2.74. The van der Waals surface area contributed by atoms with Crippen molar-refractivity contribution in [2.24, 2.45) is 5.73 Å². The van der Waals surface area contributed by atoms with Gasteiger partial charge in [0.1, 0.15) is 0 Å². The zero-order chi connectivity index (χ0) is 10.7. The second-order valence-corrected chi connectivity index (χ2v) is 4.68. The molecule has 0 bridgehead atoms. The lowest BCUT2D eigenvalue weighted by Gasteiger charge is -2.10. The summed E-state index contributed by atoms with van der Waals surface area (Å²) in [7, 11) is 0. The molecule has 0 radical (unpaired) electrons. The van der Waals surface area contributed by atoms with E-state index in [-0.39, 0.29) is 6.04 Å². The molecule has 78 valence electrons. The summed E-state index contributed by atoms with van der Waals surface area (Å²) >= 11 is 7.69. The maximum atomic E-state index is 6.07. The van der Waals surface area contributed by atoms with Crippen molar-refractivity contribution in [1.29, 1.82) is 0 Å². The number of pyridine rings is 1. The van der Waals surface area contributed by atoms with Crippen molar-refractivity contribution < 1.29 is 0 Å². The maximum absolute atomic E-state index is 6.07. The third kappa shape index (κ3) is 2.56. The van der Waals surface area contributed by atoms with E-state index in [2.05, 4.69) is 4.98 Å². The van der Waals surface area contributed by atoms with Crippen molar-refractivity contribution in [2.75, 3.05) is 0 Å². The van der Waals surface area contributed by atoms with Crippen LogP contribution in [0.4, 0.5) is 0 Å². The number of nitrogens with two attached hydrogens (primary N) is 1. The SMILES string of the molecule is NC(Cc1ccncc1Cl)c1cccs1. The van der Waals surface area contributed by atoms with Crippen LogP contribution in [-0.4, -0.2) is 4.98 Å². The van der Waals surface area contributed by atoms with Crippen molar-refractivity contribution >= 4 is 22.9 Å². The third-order valence-electron chi connectivity index (χ3n) is 2.20. The lowest BCUT2D eigenvalue weighted by Crippen LogP contribution is -2.12. The molecule has 1 atom stereocenters. The smallest absolute Gasteiger partial charge is 0.0622 e. The van der Waals surface area contributed by atoms with E-state index in [1.54, 1.807) is 23.7 Å². The zero-order valence-electron chi connectivity index (χ0n) is 8.06. The summed E-state index contributed by atoms with van der Waals surface area (Å²) in [5.41, 5.74) is 7.12. The Morgan fingerprint density at radius 2 is 2.33 bits per heavy atom. The fourth-order valence-corrected chi connectivity index (χ4v) is 2.34. The molecule has 0 saturated carbocycles. The van der Waals surface area contributed by atoms with E-state index in [4.69, 9.17) is 17.3 Å². The van der Waals surface area contributed by atoms with Crippen LogP contribution in [0.3, 0.4) is 0 Å². The molecule has 2 heterocycles. The van der Waals surface area contributed by atoms with E-state index in [9.17, 15) is 0 Å². The standard InChI is InChI=1S/C11H11ClN2S/c12-9-7-14-4-3-8(9)6-10(13)11-2-1-5-15-11/h1-5,7,10H,6,13H2. The molecule has 4 heteroatoms. The van der Waals surface area contributed by atoms with Crippen molar-refractivity contribution in [3.8, 4) is 0 Å². The molecular weight excluding hydrogens is 228 g/mol. The van der Waals surface area contributed by atoms with E-state index >= 15 is 0 Å². The van der Waals surface area contributed by atoms with Crippen molar-refractivity contribution in [3.05, 3.63) is 51.4 Å². The van der Waals surface area contributed by atoms with Crippen LogP contribution in [0.15, 0.2) is 36.0 Å². The van der Waals surface area contributed by atoms with Crippen LogP contribution in [0.25, 0.3) is 0 Å². The van der Waals surface area contributed by atoms with Crippen molar-refractivity contribution in [1.82, 2.24) is 4.98 Å². The van der Waals surface area contributed by atoms with E-state index in [0.29, 0.717) is 5.02 Å². The van der Waals surface area contributed by atoms with Gasteiger partial charge in [0, 0.05) is 23.3 Å². The summed E-state index contributed by atoms with van der Waals surface area (Å²) < 4.78 is 0. The molecule has 2 aromatic heterocycles. The van der Waals surface area contributed by atoms with Gasteiger partial charge in [-0.1, -0.05) is 17.7 Å². The number of aromatic nitrogens is 1. The minimum Gasteiger partial charge on any atom is -0.323 e. The van der Waals surface area contributed by atoms with E-state index < -0.39 is 0 Å². The highest BCUT2D eigenvalue weighted by atomic mass is 35.5. The Morgan fingerprint density at radius 1 is 1.47 bits per heavy atom. The Labute approximate surface area is 97.7 Å². The van der Waals surface area contributed by atoms with Gasteiger partial charge in [0.15, 0.2) is 0 Å². The number of halogens is 1. The van der Waals surface area contributed by atoms with Gasteiger partial charge in [0.25, 0.3) is 0 Å². The first kappa shape index (κ1) is 10.6. The number of hydrogen-bond acceptors (Lipinski definition) is 3. The van der Waals surface area contributed by atoms with Crippen LogP contribution in [0.1, 0.15) is 16.5 Å². The number of hydrogen-bond donors (Lipinski definition) is 1. The first-order valence-corrected chi connectivity index (χ1v) is 5.90. The van der Waals surface area contributed by atoms with Crippen LogP contribution in [0, 0.1) is 0 Å². The van der Waals surface area contributed by atoms with Gasteiger partial charge in [-0.25, -0.2) is 0 Å². The van der Waals surface area contributed by atoms with Crippen LogP contribution < -0.4 is 5.73 Å². The van der Waals surface area contributed by atoms with Gasteiger partial charge in [0.05, 0.1) is 5.02 Å². The van der Waals surface area contributed by atoms with Crippen LogP contribution in [0.5, 0.6) is 0 Å². The topological polar surface area (TPSA) is 38.9 Å². The Bertz CT molecular complexity index is 428. The minimum atomic E-state index is 0.0184. The monoisotopic (exact) mass is 238 g/mol. The maximum Gasteiger partial charge on any atom is 0.0622 e. The van der Waals surface area contributed by atoms with Gasteiger partial charge in [0.2, 0.25) is 0 Å². The lowest BCUT2D eigenvalue weighted by molar-refractivity contribution is 0.736. The summed E-state index contributed by atoms with van der Waals surface area (Å²) in [4.78, 5) is 5.13. The lowest BCUT2D eigenvalue weighted by atomic mass is 10.1. The predicted octanol–water partition coefficient (Wildman–Crippen LogP) is 3.04. The molecule has 0 aliphatic heterocycles. The molecule has 0 amide bonds. The summed E-state index contributed by atoms with van der Waals surface area (Å²) in [6.45, 7) is 0. The second kappa shape index (κ2) is 4.75. The summed E-state index contributed by atoms with van der Waals surface area (Å²) in [5, 5.41) is 2.72. The Kier molecular flexibility index (Phi) is 3.36. The van der Waals surface area contributed by atoms with Crippen LogP contribution >= 0.6 is 22.9 Å². The molecule has 15 heavy (non-hydrogen) atoms. The minimum absolute atomic E-state index is 0.0184. The highest BCUT2D eigenvalue weighted by molar-refractivity contribution is 7.10. The molecule has 0 aromatic carbocycles. The highest BCUT2D eigenvalue weighted by Crippen LogP contribution is 2.23. The molecule has 2 N–H and O–H groups in total. The van der Waals surface area contributed by atoms with Gasteiger partial charge in [-0.3, -0.25) is 4.98 Å². The van der Waals surface area contributed by atoms with Gasteiger partial charge in [-0.15, -0.1) is 11.3 Å². The fourth-order valence-electron chi connectivity index (χ4n) is 1.41. The van der Waals surface area contributed by atoms with E-state index in [0.717, 1.165) is 12.0 Å². The molecule has 1 unspecified atom stereocenters. The van der Waals surface area contributed by atoms with Crippen LogP contribution in [-0.2, 0) is 6.42 Å². The molecule has 0 fully saturated rings. The van der Waals surface area contributed by atoms with E-state index in [1.165, 1.54) is 4.88 Å². The van der Waals surface area contributed by atoms with Crippen molar-refractivity contribution in [3.63, 3.8) is 0 Å². The van der Waals surface area contributed by atoms with Gasteiger partial charge in [-0.05, 0) is 29.5 Å². The first-order valence-electron chi connectivity index (χ1n) is 4.65. The van der Waals surface area contributed by atoms with E-state index in [1.807, 2.05) is 23.6 Å². The van der Waals surface area contributed by atoms with Gasteiger partial charge >= 0.3 is 0 Å². The second-order valence-electron chi connectivity index (χ2n) is 3.29. The number of rotatable bonds is 3. The fraction of sp³-hybridized carbons (Fsp3) is 0.182. The molecular formula is C11H11ClN2S. The molecule has 0 aliphatic carbocycles. The normalized spacial score (nSPS) is 12.7. The first-order chi connectivity index (χ1) is 7.27. The Morgan fingerprint density at radius 3 is 3.00 bits per heavy atom. The van der Waals surface area contributed by atoms with Gasteiger partial charge in [-0.2, -0.15) is 0 Å². The Hall–Kier alpha value is -0.900. The zero-order valence-corrected chi connectivity index (χ0v) is 9.63. The largest absolute Gasteiger partial charge is 0.323 e. The van der Waals surface area contributed by atoms with Gasteiger partial charge < -0.3 is 5.73 Å². The predicted molar refractivity (Wildman–Crippen MR) is 64.2 cm³/mol. The summed E-state index contributed by atoms with van der Waals surface area (Å²) in [6, 6.07) is 5.98. The summed E-state index contributed by atoms with van der Waals surface area (Å²) in [5.74, 6) is 0.